The summed E-state index contributed by atoms with van der Waals surface area (Å²) in [4.78, 5) is 6.97. The van der Waals surface area contributed by atoms with E-state index in [1.165, 1.54) is 12.8 Å². The monoisotopic (exact) mass is 464 g/mol. The largest absolute Gasteiger partial charge is 0.492 e. The molecule has 0 atom stereocenters. The van der Waals surface area contributed by atoms with Crippen LogP contribution < -0.4 is 9.64 Å². The fourth-order valence-electron chi connectivity index (χ4n) is 4.27. The molecule has 8 nitrogen and oxygen atoms in total. The number of hydrogen-bond donors (Lipinski definition) is 0. The zero-order valence-corrected chi connectivity index (χ0v) is 19.8. The molecule has 5 rings (SSSR count). The summed E-state index contributed by atoms with van der Waals surface area (Å²) in [6.07, 6.45) is 12.9. The second-order valence-corrected chi connectivity index (χ2v) is 11.8. The zero-order valence-electron chi connectivity index (χ0n) is 19.0. The van der Waals surface area contributed by atoms with Crippen LogP contribution in [0.2, 0.25) is 0 Å². The number of fused-ring (bicyclic) bond motifs is 1. The molecule has 2 aliphatic rings. The van der Waals surface area contributed by atoms with Crippen molar-refractivity contribution in [2.45, 2.75) is 31.7 Å². The standard InChI is InChI=1S/C24H28N6O2S/c1-33(2,31)28-20-7-9-29(10-8-20)23-6-5-18(13-26-23)22-11-21(32-16-17-3-4-17)15-30-24(22)19(12-25)14-27-30/h5-6,11,13-15,17,20H,3-4,7-10,16H2,1-2H3. The summed E-state index contributed by atoms with van der Waals surface area (Å²) in [6.45, 7) is 2.39. The van der Waals surface area contributed by atoms with Crippen LogP contribution in [0.3, 0.4) is 0 Å². The van der Waals surface area contributed by atoms with Gasteiger partial charge in [-0.05, 0) is 49.8 Å². The molecule has 3 aromatic heterocycles. The van der Waals surface area contributed by atoms with Crippen LogP contribution in [0.25, 0.3) is 16.6 Å². The van der Waals surface area contributed by atoms with Crippen molar-refractivity contribution in [3.05, 3.63) is 42.4 Å². The maximum absolute atomic E-state index is 12.0. The lowest BCUT2D eigenvalue weighted by Gasteiger charge is -2.31. The van der Waals surface area contributed by atoms with Crippen LogP contribution in [0.15, 0.2) is 41.2 Å². The average molecular weight is 465 g/mol. The molecule has 9 heteroatoms. The van der Waals surface area contributed by atoms with E-state index in [1.807, 2.05) is 30.6 Å². The molecule has 0 spiro atoms. The summed E-state index contributed by atoms with van der Waals surface area (Å²) in [5.41, 5.74) is 3.09. The van der Waals surface area contributed by atoms with Gasteiger partial charge in [0, 0.05) is 52.7 Å². The Morgan fingerprint density at radius 3 is 2.64 bits per heavy atom. The van der Waals surface area contributed by atoms with E-state index in [0.29, 0.717) is 18.1 Å². The molecular formula is C24H28N6O2S. The van der Waals surface area contributed by atoms with Crippen molar-refractivity contribution in [1.82, 2.24) is 14.6 Å². The van der Waals surface area contributed by atoms with Crippen LogP contribution >= 0.6 is 0 Å². The van der Waals surface area contributed by atoms with Gasteiger partial charge in [0.15, 0.2) is 0 Å². The van der Waals surface area contributed by atoms with E-state index in [4.69, 9.17) is 9.72 Å². The van der Waals surface area contributed by atoms with Crippen molar-refractivity contribution in [3.8, 4) is 22.9 Å². The minimum Gasteiger partial charge on any atom is -0.492 e. The van der Waals surface area contributed by atoms with Gasteiger partial charge in [-0.15, -0.1) is 0 Å². The minimum atomic E-state index is -2.07. The Bertz CT molecular complexity index is 1310. The molecule has 0 amide bonds. The van der Waals surface area contributed by atoms with Gasteiger partial charge in [-0.25, -0.2) is 13.9 Å². The van der Waals surface area contributed by atoms with E-state index in [1.54, 1.807) is 23.2 Å². The third kappa shape index (κ3) is 4.96. The summed E-state index contributed by atoms with van der Waals surface area (Å²) in [5, 5.41) is 13.9. The Morgan fingerprint density at radius 1 is 1.21 bits per heavy atom. The Balaban J connectivity index is 1.39. The van der Waals surface area contributed by atoms with Crippen molar-refractivity contribution in [1.29, 1.82) is 5.26 Å². The molecule has 3 aromatic rings. The third-order valence-electron chi connectivity index (χ3n) is 6.14. The molecule has 0 N–H and O–H groups in total. The van der Waals surface area contributed by atoms with Gasteiger partial charge in [0.2, 0.25) is 0 Å². The van der Waals surface area contributed by atoms with Gasteiger partial charge in [0.05, 0.1) is 36.1 Å². The molecule has 0 aromatic carbocycles. The fraction of sp³-hybridized carbons (Fsp3) is 0.458. The van der Waals surface area contributed by atoms with E-state index in [2.05, 4.69) is 20.4 Å². The number of pyridine rings is 2. The van der Waals surface area contributed by atoms with E-state index in [-0.39, 0.29) is 6.04 Å². The van der Waals surface area contributed by atoms with E-state index < -0.39 is 9.73 Å². The Hall–Kier alpha value is -3.12. The second kappa shape index (κ2) is 8.67. The molecule has 33 heavy (non-hydrogen) atoms. The highest BCUT2D eigenvalue weighted by Crippen LogP contribution is 2.34. The lowest BCUT2D eigenvalue weighted by Crippen LogP contribution is -2.36. The maximum atomic E-state index is 12.0. The first kappa shape index (κ1) is 21.7. The van der Waals surface area contributed by atoms with Crippen LogP contribution in [-0.2, 0) is 9.73 Å². The molecule has 1 saturated carbocycles. The first-order valence-electron chi connectivity index (χ1n) is 11.3. The predicted octanol–water partition coefficient (Wildman–Crippen LogP) is 3.75. The van der Waals surface area contributed by atoms with E-state index >= 15 is 0 Å². The van der Waals surface area contributed by atoms with E-state index in [0.717, 1.165) is 54.1 Å². The lowest BCUT2D eigenvalue weighted by atomic mass is 10.0. The highest BCUT2D eigenvalue weighted by Gasteiger charge is 2.23. The molecule has 172 valence electrons. The van der Waals surface area contributed by atoms with Gasteiger partial charge in [-0.2, -0.15) is 10.4 Å². The number of nitrogens with zero attached hydrogens (tertiary/aromatic N) is 6. The number of anilines is 1. The van der Waals surface area contributed by atoms with Gasteiger partial charge in [0.25, 0.3) is 0 Å². The average Bonchev–Trinajstić information content (AvgIpc) is 3.54. The third-order valence-corrected chi connectivity index (χ3v) is 6.95. The van der Waals surface area contributed by atoms with Crippen molar-refractivity contribution >= 4 is 21.1 Å². The smallest absolute Gasteiger partial charge is 0.138 e. The van der Waals surface area contributed by atoms with Crippen molar-refractivity contribution in [2.24, 2.45) is 10.3 Å². The van der Waals surface area contributed by atoms with Crippen LogP contribution in [0.1, 0.15) is 31.2 Å². The molecular weight excluding hydrogens is 436 g/mol. The highest BCUT2D eigenvalue weighted by molar-refractivity contribution is 7.92. The molecule has 1 aliphatic heterocycles. The highest BCUT2D eigenvalue weighted by atomic mass is 32.2. The quantitative estimate of drug-likeness (QED) is 0.551. The summed E-state index contributed by atoms with van der Waals surface area (Å²) in [7, 11) is -2.07. The SMILES string of the molecule is CS(C)(=O)=NC1CCN(c2ccc(-c3cc(OCC4CC4)cn4ncc(C#N)c34)cn2)CC1. The number of ether oxygens (including phenoxy) is 1. The van der Waals surface area contributed by atoms with Crippen LogP contribution in [0.5, 0.6) is 5.75 Å². The van der Waals surface area contributed by atoms with E-state index in [9.17, 15) is 9.47 Å². The summed E-state index contributed by atoms with van der Waals surface area (Å²) in [5.74, 6) is 2.31. The fourth-order valence-corrected chi connectivity index (χ4v) is 5.20. The Kier molecular flexibility index (Phi) is 5.71. The molecule has 0 radical (unpaired) electrons. The summed E-state index contributed by atoms with van der Waals surface area (Å²) < 4.78 is 24.2. The molecule has 4 heterocycles. The van der Waals surface area contributed by atoms with Crippen LogP contribution in [-0.4, -0.2) is 57.1 Å². The normalized spacial score (nSPS) is 17.2. The first-order valence-corrected chi connectivity index (χ1v) is 13.6. The van der Waals surface area contributed by atoms with Gasteiger partial charge in [0.1, 0.15) is 17.6 Å². The Labute approximate surface area is 194 Å². The van der Waals surface area contributed by atoms with Gasteiger partial charge in [-0.1, -0.05) is 0 Å². The topological polar surface area (TPSA) is 95.9 Å². The number of aromatic nitrogens is 3. The molecule has 2 fully saturated rings. The van der Waals surface area contributed by atoms with Crippen molar-refractivity contribution in [3.63, 3.8) is 0 Å². The number of piperidine rings is 1. The molecule has 1 aliphatic carbocycles. The van der Waals surface area contributed by atoms with Gasteiger partial charge in [-0.3, -0.25) is 4.21 Å². The predicted molar refractivity (Wildman–Crippen MR) is 129 cm³/mol. The molecule has 0 bridgehead atoms. The first-order chi connectivity index (χ1) is 15.9. The minimum absolute atomic E-state index is 0.154. The summed E-state index contributed by atoms with van der Waals surface area (Å²) >= 11 is 0. The van der Waals surface area contributed by atoms with Gasteiger partial charge < -0.3 is 9.64 Å². The van der Waals surface area contributed by atoms with Crippen molar-refractivity contribution < 1.29 is 8.95 Å². The van der Waals surface area contributed by atoms with Crippen molar-refractivity contribution in [2.75, 3.05) is 37.1 Å². The summed E-state index contributed by atoms with van der Waals surface area (Å²) in [6, 6.07) is 8.44. The lowest BCUT2D eigenvalue weighted by molar-refractivity contribution is 0.298. The second-order valence-electron chi connectivity index (χ2n) is 9.22. The molecule has 0 unspecified atom stereocenters. The number of rotatable bonds is 6. The van der Waals surface area contributed by atoms with Crippen LogP contribution in [0.4, 0.5) is 5.82 Å². The molecule has 1 saturated heterocycles. The zero-order chi connectivity index (χ0) is 23.0. The van der Waals surface area contributed by atoms with Gasteiger partial charge >= 0.3 is 0 Å². The Morgan fingerprint density at radius 2 is 2.00 bits per heavy atom. The number of nitriles is 1. The number of hydrogen-bond acceptors (Lipinski definition) is 7. The maximum Gasteiger partial charge on any atom is 0.138 e. The van der Waals surface area contributed by atoms with Crippen LogP contribution in [0, 0.1) is 17.2 Å².